The van der Waals surface area contributed by atoms with Crippen LogP contribution in [0, 0.1) is 20.8 Å². The molecule has 0 unspecified atom stereocenters. The molecular weight excluding hydrogens is 732 g/mol. The Morgan fingerprint density at radius 3 is 0.872 bits per heavy atom. The fraction of sp³-hybridized carbons (Fsp3) is 0.308. The first kappa shape index (κ1) is 42.0. The molecule has 0 aliphatic rings. The first-order valence-corrected chi connectivity index (χ1v) is 16.0. The summed E-state index contributed by atoms with van der Waals surface area (Å²) >= 11 is 0. The summed E-state index contributed by atoms with van der Waals surface area (Å²) in [5.74, 6) is -14.8. The van der Waals surface area contributed by atoms with E-state index in [0.29, 0.717) is 0 Å². The molecule has 3 rings (SSSR count). The van der Waals surface area contributed by atoms with Gasteiger partial charge in [0, 0.05) is 0 Å². The van der Waals surface area contributed by atoms with Gasteiger partial charge in [0.25, 0.3) is 0 Å². The van der Waals surface area contributed by atoms with Crippen molar-refractivity contribution in [2.24, 2.45) is 0 Å². The highest BCUT2D eigenvalue weighted by Crippen LogP contribution is 2.54. The summed E-state index contributed by atoms with van der Waals surface area (Å²) in [4.78, 5) is 4.12. The van der Waals surface area contributed by atoms with Gasteiger partial charge in [-0.1, -0.05) is 53.1 Å². The minimum atomic E-state index is -7.43. The van der Waals surface area contributed by atoms with Gasteiger partial charge in [-0.3, -0.25) is 0 Å². The van der Waals surface area contributed by atoms with Crippen LogP contribution < -0.4 is 0 Å². The van der Waals surface area contributed by atoms with Crippen molar-refractivity contribution >= 4 is 31.1 Å². The minimum absolute atomic E-state index is 0.0394. The van der Waals surface area contributed by atoms with Gasteiger partial charge in [0.05, 0.1) is 10.9 Å². The Bertz CT molecular complexity index is 1580. The second-order valence-corrected chi connectivity index (χ2v) is 14.1. The molecule has 21 heteroatoms. The molecule has 0 radical (unpaired) electrons. The number of benzene rings is 3. The van der Waals surface area contributed by atoms with Crippen molar-refractivity contribution in [1.29, 1.82) is 0 Å². The number of aryl methyl sites for hydroxylation is 3. The molecule has 47 heavy (non-hydrogen) atoms. The van der Waals surface area contributed by atoms with Crippen molar-refractivity contribution < 1.29 is 78.6 Å². The molecule has 0 amide bonds. The Hall–Kier alpha value is -3.01. The zero-order valence-corrected chi connectivity index (χ0v) is 26.1. The maximum absolute atomic E-state index is 12.2. The maximum atomic E-state index is 12.2. The fourth-order valence-corrected chi connectivity index (χ4v) is 5.43. The van der Waals surface area contributed by atoms with E-state index in [0.717, 1.165) is 0 Å². The molecule has 264 valence electrons. The van der Waals surface area contributed by atoms with E-state index < -0.39 is 49.0 Å². The highest BCUT2D eigenvalue weighted by molar-refractivity contribution is 7.97. The molecule has 0 fully saturated rings. The third-order valence-electron chi connectivity index (χ3n) is 5.48. The predicted octanol–water partition coefficient (Wildman–Crippen LogP) is 7.72. The Morgan fingerprint density at radius 1 is 0.468 bits per heavy atom. The smallest absolute Gasteiger partial charge is 0.485 e. The first-order valence-electron chi connectivity index (χ1n) is 12.0. The molecule has 0 aliphatic heterocycles. The molecule has 0 saturated heterocycles. The Kier molecular flexibility index (Phi) is 13.1. The Labute approximate surface area is 263 Å². The molecule has 6 nitrogen and oxygen atoms in total. The van der Waals surface area contributed by atoms with Gasteiger partial charge in [0.1, 0.15) is 0 Å². The van der Waals surface area contributed by atoms with E-state index in [1.165, 1.54) is 31.4 Å². The standard InChI is InChI=1S/C21H21S.C4HF9O3S.CHF3O3S/c1-16-4-10-19(11-5-16)22(20-12-6-17(2)7-13-20)21-14-8-18(3)9-15-21;5-1(6,3(9,10)11)2(7,8)4(12,13)17(14,15)16;2-1(3,4)8(5,6)7/h4-15H,1-3H3;(H,14,15,16);(H,5,6,7)/q+1;;/p-2. The second kappa shape index (κ2) is 14.6. The summed E-state index contributed by atoms with van der Waals surface area (Å²) in [6, 6.07) is 26.8. The second-order valence-electron chi connectivity index (χ2n) is 9.26. The van der Waals surface area contributed by atoms with Crippen LogP contribution in [0.4, 0.5) is 52.7 Å². The molecule has 0 heterocycles. The quantitative estimate of drug-likeness (QED) is 0.110. The minimum Gasteiger partial charge on any atom is -0.743 e. The summed E-state index contributed by atoms with van der Waals surface area (Å²) in [5, 5.41) is -7.11. The summed E-state index contributed by atoms with van der Waals surface area (Å²) in [7, 11) is -13.5. The van der Waals surface area contributed by atoms with E-state index in [-0.39, 0.29) is 10.9 Å². The normalized spacial score (nSPS) is 13.3. The molecule has 0 saturated carbocycles. The van der Waals surface area contributed by atoms with E-state index in [2.05, 4.69) is 93.6 Å². The summed E-state index contributed by atoms with van der Waals surface area (Å²) in [5.41, 5.74) is -1.73. The van der Waals surface area contributed by atoms with Gasteiger partial charge in [-0.2, -0.15) is 52.7 Å². The van der Waals surface area contributed by atoms with Crippen LogP contribution in [0.5, 0.6) is 0 Å². The van der Waals surface area contributed by atoms with Gasteiger partial charge in [-0.15, -0.1) is 0 Å². The number of rotatable bonds is 6. The molecule has 0 bridgehead atoms. The van der Waals surface area contributed by atoms with Crippen LogP contribution in [0.3, 0.4) is 0 Å². The van der Waals surface area contributed by atoms with Crippen molar-refractivity contribution in [3.05, 3.63) is 89.5 Å². The molecule has 0 aromatic heterocycles. The summed E-state index contributed by atoms with van der Waals surface area (Å²) in [6.45, 7) is 6.42. The van der Waals surface area contributed by atoms with Crippen LogP contribution in [0.1, 0.15) is 16.7 Å². The summed E-state index contributed by atoms with van der Waals surface area (Å²) < 4.78 is 194. The van der Waals surface area contributed by atoms with E-state index in [9.17, 15) is 65.7 Å². The van der Waals surface area contributed by atoms with Crippen molar-refractivity contribution in [2.75, 3.05) is 0 Å². The van der Waals surface area contributed by atoms with E-state index in [1.807, 2.05) is 0 Å². The van der Waals surface area contributed by atoms with Gasteiger partial charge in [0.15, 0.2) is 34.9 Å². The average Bonchev–Trinajstić information content (AvgIpc) is 2.90. The monoisotopic (exact) mass is 753 g/mol. The van der Waals surface area contributed by atoms with Crippen LogP contribution >= 0.6 is 0 Å². The lowest BCUT2D eigenvalue weighted by molar-refractivity contribution is -0.382. The van der Waals surface area contributed by atoms with Crippen LogP contribution in [-0.2, 0) is 31.1 Å². The predicted molar refractivity (Wildman–Crippen MR) is 142 cm³/mol. The Morgan fingerprint density at radius 2 is 0.702 bits per heavy atom. The van der Waals surface area contributed by atoms with Gasteiger partial charge < -0.3 is 9.11 Å². The molecule has 0 spiro atoms. The van der Waals surface area contributed by atoms with Crippen LogP contribution in [0.25, 0.3) is 0 Å². The molecular formula is C26H21F12O6S3-. The van der Waals surface area contributed by atoms with Crippen LogP contribution in [0.2, 0.25) is 0 Å². The van der Waals surface area contributed by atoms with Crippen molar-refractivity contribution in [3.63, 3.8) is 0 Å². The van der Waals surface area contributed by atoms with Gasteiger partial charge in [-0.05, 0) is 57.2 Å². The lowest BCUT2D eigenvalue weighted by Gasteiger charge is -2.34. The maximum Gasteiger partial charge on any atom is 0.485 e. The van der Waals surface area contributed by atoms with Crippen molar-refractivity contribution in [2.45, 2.75) is 64.2 Å². The number of hydrogen-bond donors (Lipinski definition) is 0. The molecule has 3 aromatic rings. The van der Waals surface area contributed by atoms with E-state index in [4.69, 9.17) is 13.0 Å². The molecule has 0 N–H and O–H groups in total. The number of hydrogen-bond acceptors (Lipinski definition) is 6. The summed E-state index contributed by atoms with van der Waals surface area (Å²) in [6.07, 6.45) is -7.16. The largest absolute Gasteiger partial charge is 0.743 e. The topological polar surface area (TPSA) is 114 Å². The van der Waals surface area contributed by atoms with Crippen LogP contribution in [0.15, 0.2) is 87.5 Å². The highest BCUT2D eigenvalue weighted by atomic mass is 32.2. The lowest BCUT2D eigenvalue weighted by Crippen LogP contribution is -2.63. The zero-order valence-electron chi connectivity index (χ0n) is 23.6. The molecule has 0 atom stereocenters. The zero-order chi connectivity index (χ0) is 37.0. The van der Waals surface area contributed by atoms with E-state index >= 15 is 0 Å². The number of halogens is 12. The van der Waals surface area contributed by atoms with E-state index in [1.54, 1.807) is 0 Å². The third-order valence-corrected chi connectivity index (χ3v) is 9.17. The SMILES string of the molecule is Cc1ccc([S+](c2ccc(C)cc2)c2ccc(C)cc2)cc1.O=S(=O)([O-])C(F)(F)C(F)(F)C(F)(F)C(F)(F)F.O=S(=O)([O-])C(F)(F)F. The number of alkyl halides is 12. The first-order chi connectivity index (χ1) is 20.9. The van der Waals surface area contributed by atoms with Gasteiger partial charge >= 0.3 is 28.8 Å². The highest BCUT2D eigenvalue weighted by Gasteiger charge is 2.83. The van der Waals surface area contributed by atoms with Crippen LogP contribution in [-0.4, -0.2) is 54.7 Å². The van der Waals surface area contributed by atoms with Crippen molar-refractivity contribution in [3.8, 4) is 0 Å². The third kappa shape index (κ3) is 10.2. The van der Waals surface area contributed by atoms with Crippen molar-refractivity contribution in [1.82, 2.24) is 0 Å². The fourth-order valence-electron chi connectivity index (χ4n) is 2.95. The molecule has 3 aromatic carbocycles. The lowest BCUT2D eigenvalue weighted by atomic mass is 10.1. The molecule has 0 aliphatic carbocycles. The van der Waals surface area contributed by atoms with Gasteiger partial charge in [-0.25, -0.2) is 16.8 Å². The average molecular weight is 754 g/mol. The van der Waals surface area contributed by atoms with Gasteiger partial charge in [0.2, 0.25) is 0 Å². The Balaban J connectivity index is 0.000000393.